The van der Waals surface area contributed by atoms with Crippen LogP contribution in [0.5, 0.6) is 0 Å². The van der Waals surface area contributed by atoms with Gasteiger partial charge in [0.2, 0.25) is 0 Å². The van der Waals surface area contributed by atoms with Crippen LogP contribution in [-0.2, 0) is 28.6 Å². The monoisotopic (exact) mass is 268 g/mol. The normalized spacial score (nSPS) is 33.0. The van der Waals surface area contributed by atoms with Crippen molar-refractivity contribution in [2.75, 3.05) is 7.11 Å². The van der Waals surface area contributed by atoms with Crippen LogP contribution in [0.2, 0.25) is 0 Å². The van der Waals surface area contributed by atoms with E-state index in [9.17, 15) is 14.4 Å². The number of esters is 3. The molecule has 2 fully saturated rings. The summed E-state index contributed by atoms with van der Waals surface area (Å²) in [5, 5.41) is 0. The molecule has 2 aliphatic rings. The lowest BCUT2D eigenvalue weighted by molar-refractivity contribution is -0.189. The topological polar surface area (TPSA) is 78.9 Å². The van der Waals surface area contributed by atoms with Crippen molar-refractivity contribution in [1.82, 2.24) is 0 Å². The maximum absolute atomic E-state index is 11.7. The first-order valence-corrected chi connectivity index (χ1v) is 6.15. The van der Waals surface area contributed by atoms with E-state index in [0.717, 1.165) is 6.08 Å². The highest BCUT2D eigenvalue weighted by Crippen LogP contribution is 2.40. The molecule has 4 unspecified atom stereocenters. The Hall–Kier alpha value is -1.85. The fourth-order valence-corrected chi connectivity index (χ4v) is 2.75. The molecule has 1 heterocycles. The van der Waals surface area contributed by atoms with Crippen molar-refractivity contribution >= 4 is 17.9 Å². The number of fused-ring (bicyclic) bond motifs is 2. The lowest BCUT2D eigenvalue weighted by Gasteiger charge is -2.42. The smallest absolute Gasteiger partial charge is 0.330 e. The minimum absolute atomic E-state index is 0.0996. The van der Waals surface area contributed by atoms with E-state index in [2.05, 4.69) is 6.58 Å². The molecule has 2 rings (SSSR count). The van der Waals surface area contributed by atoms with Crippen LogP contribution in [0, 0.1) is 11.8 Å². The molecule has 2 bridgehead atoms. The molecule has 6 nitrogen and oxygen atoms in total. The Morgan fingerprint density at radius 2 is 2.16 bits per heavy atom. The number of carbonyl (C=O) groups is 3. The summed E-state index contributed by atoms with van der Waals surface area (Å²) < 4.78 is 15.1. The zero-order valence-electron chi connectivity index (χ0n) is 10.7. The van der Waals surface area contributed by atoms with Gasteiger partial charge in [-0.15, -0.1) is 0 Å². The number of methoxy groups -OCH3 is 1. The number of carbonyl (C=O) groups excluding carboxylic acids is 3. The van der Waals surface area contributed by atoms with Crippen molar-refractivity contribution in [3.8, 4) is 0 Å². The zero-order valence-corrected chi connectivity index (χ0v) is 10.7. The fourth-order valence-electron chi connectivity index (χ4n) is 2.75. The third kappa shape index (κ3) is 2.77. The lowest BCUT2D eigenvalue weighted by Crippen LogP contribution is -2.50. The number of rotatable bonds is 3. The fraction of sp³-hybridized carbons (Fsp3) is 0.615. The van der Waals surface area contributed by atoms with Crippen LogP contribution in [0.25, 0.3) is 0 Å². The molecule has 0 aromatic rings. The van der Waals surface area contributed by atoms with E-state index in [1.165, 1.54) is 7.11 Å². The molecule has 0 spiro atoms. The Balaban J connectivity index is 2.15. The van der Waals surface area contributed by atoms with Gasteiger partial charge in [0.1, 0.15) is 12.2 Å². The van der Waals surface area contributed by atoms with Crippen LogP contribution in [0.4, 0.5) is 0 Å². The Bertz CT molecular complexity index is 415. The first-order valence-electron chi connectivity index (χ1n) is 6.15. The Kier molecular flexibility index (Phi) is 3.87. The van der Waals surface area contributed by atoms with Crippen molar-refractivity contribution in [2.24, 2.45) is 11.8 Å². The van der Waals surface area contributed by atoms with Gasteiger partial charge in [0.15, 0.2) is 0 Å². The minimum atomic E-state index is -0.616. The van der Waals surface area contributed by atoms with Gasteiger partial charge in [0.25, 0.3) is 0 Å². The number of hydrogen-bond donors (Lipinski definition) is 0. The summed E-state index contributed by atoms with van der Waals surface area (Å²) >= 11 is 0. The van der Waals surface area contributed by atoms with Crippen molar-refractivity contribution in [1.29, 1.82) is 0 Å². The average Bonchev–Trinajstić information content (AvgIpc) is 2.40. The Morgan fingerprint density at radius 3 is 2.79 bits per heavy atom. The SMILES string of the molecule is C=CC(=O)OC1CC(C(=O)OC)C2CC(=O)OC1C2. The Morgan fingerprint density at radius 1 is 1.42 bits per heavy atom. The van der Waals surface area contributed by atoms with Crippen LogP contribution < -0.4 is 0 Å². The third-order valence-corrected chi connectivity index (χ3v) is 3.65. The summed E-state index contributed by atoms with van der Waals surface area (Å²) in [7, 11) is 1.31. The second kappa shape index (κ2) is 5.42. The quantitative estimate of drug-likeness (QED) is 0.423. The molecule has 0 amide bonds. The van der Waals surface area contributed by atoms with E-state index in [0.29, 0.717) is 12.8 Å². The molecule has 104 valence electrons. The summed E-state index contributed by atoms with van der Waals surface area (Å²) in [6.07, 6.45) is 0.990. The van der Waals surface area contributed by atoms with Crippen LogP contribution in [-0.4, -0.2) is 37.2 Å². The van der Waals surface area contributed by atoms with E-state index < -0.39 is 24.1 Å². The molecular weight excluding hydrogens is 252 g/mol. The van der Waals surface area contributed by atoms with Crippen LogP contribution in [0.15, 0.2) is 12.7 Å². The summed E-state index contributed by atoms with van der Waals surface area (Å²) in [6, 6.07) is 0. The maximum atomic E-state index is 11.7. The summed E-state index contributed by atoms with van der Waals surface area (Å²) in [5.41, 5.74) is 0. The highest BCUT2D eigenvalue weighted by atomic mass is 16.6. The average molecular weight is 268 g/mol. The largest absolute Gasteiger partial charge is 0.469 e. The third-order valence-electron chi connectivity index (χ3n) is 3.65. The first-order chi connectivity index (χ1) is 9.05. The molecule has 6 heteroatoms. The van der Waals surface area contributed by atoms with Crippen LogP contribution in [0.1, 0.15) is 19.3 Å². The number of hydrogen-bond acceptors (Lipinski definition) is 6. The van der Waals surface area contributed by atoms with Gasteiger partial charge in [-0.2, -0.15) is 0 Å². The van der Waals surface area contributed by atoms with Gasteiger partial charge >= 0.3 is 17.9 Å². The Labute approximate surface area is 110 Å². The van der Waals surface area contributed by atoms with Gasteiger partial charge in [-0.05, 0) is 12.3 Å². The maximum Gasteiger partial charge on any atom is 0.330 e. The van der Waals surface area contributed by atoms with Crippen molar-refractivity contribution < 1.29 is 28.6 Å². The van der Waals surface area contributed by atoms with Crippen LogP contribution >= 0.6 is 0 Å². The van der Waals surface area contributed by atoms with E-state index in [-0.39, 0.29) is 24.3 Å². The van der Waals surface area contributed by atoms with Gasteiger partial charge in [-0.25, -0.2) is 4.79 Å². The minimum Gasteiger partial charge on any atom is -0.469 e. The van der Waals surface area contributed by atoms with Crippen molar-refractivity contribution in [3.05, 3.63) is 12.7 Å². The van der Waals surface area contributed by atoms with E-state index in [4.69, 9.17) is 14.2 Å². The standard InChI is InChI=1S/C13H16O6/c1-3-11(14)18-10-6-8(13(16)17-2)7-4-9(10)19-12(15)5-7/h3,7-10H,1,4-6H2,2H3. The molecule has 0 aromatic heterocycles. The second-order valence-corrected chi connectivity index (χ2v) is 4.77. The van der Waals surface area contributed by atoms with E-state index >= 15 is 0 Å². The molecule has 1 saturated carbocycles. The molecule has 0 aromatic carbocycles. The zero-order chi connectivity index (χ0) is 14.0. The summed E-state index contributed by atoms with van der Waals surface area (Å²) in [6.45, 7) is 3.32. The molecular formula is C13H16O6. The van der Waals surface area contributed by atoms with Gasteiger partial charge in [0.05, 0.1) is 13.0 Å². The van der Waals surface area contributed by atoms with Gasteiger partial charge < -0.3 is 14.2 Å². The predicted octanol–water partition coefficient (Wildman–Crippen LogP) is 0.599. The molecule has 19 heavy (non-hydrogen) atoms. The molecule has 1 saturated heterocycles. The van der Waals surface area contributed by atoms with E-state index in [1.54, 1.807) is 0 Å². The second-order valence-electron chi connectivity index (χ2n) is 4.77. The molecule has 0 N–H and O–H groups in total. The highest BCUT2D eigenvalue weighted by Gasteiger charge is 2.48. The molecule has 4 atom stereocenters. The molecule has 1 aliphatic heterocycles. The van der Waals surface area contributed by atoms with Crippen molar-refractivity contribution in [2.45, 2.75) is 31.5 Å². The van der Waals surface area contributed by atoms with Gasteiger partial charge in [0, 0.05) is 18.9 Å². The van der Waals surface area contributed by atoms with E-state index in [1.807, 2.05) is 0 Å². The first kappa shape index (κ1) is 13.6. The molecule has 0 radical (unpaired) electrons. The van der Waals surface area contributed by atoms with Crippen molar-refractivity contribution in [3.63, 3.8) is 0 Å². The number of ether oxygens (including phenoxy) is 3. The van der Waals surface area contributed by atoms with Gasteiger partial charge in [-0.1, -0.05) is 6.58 Å². The van der Waals surface area contributed by atoms with Gasteiger partial charge in [-0.3, -0.25) is 9.59 Å². The summed E-state index contributed by atoms with van der Waals surface area (Å²) in [5.74, 6) is -1.87. The van der Waals surface area contributed by atoms with Crippen LogP contribution in [0.3, 0.4) is 0 Å². The molecule has 1 aliphatic carbocycles. The lowest BCUT2D eigenvalue weighted by atomic mass is 9.73. The summed E-state index contributed by atoms with van der Waals surface area (Å²) in [4.78, 5) is 34.5. The predicted molar refractivity (Wildman–Crippen MR) is 62.8 cm³/mol. The highest BCUT2D eigenvalue weighted by molar-refractivity contribution is 5.81.